The highest BCUT2D eigenvalue weighted by molar-refractivity contribution is 7.89. The van der Waals surface area contributed by atoms with Crippen molar-refractivity contribution >= 4 is 27.5 Å². The predicted molar refractivity (Wildman–Crippen MR) is 110 cm³/mol. The first-order valence-electron chi connectivity index (χ1n) is 9.23. The molecule has 0 fully saturated rings. The normalized spacial score (nSPS) is 13.6. The summed E-state index contributed by atoms with van der Waals surface area (Å²) in [7, 11) is -2.10. The van der Waals surface area contributed by atoms with E-state index < -0.39 is 10.0 Å². The van der Waals surface area contributed by atoms with Crippen LogP contribution >= 0.6 is 11.6 Å². The fourth-order valence-corrected chi connectivity index (χ4v) is 4.13. The summed E-state index contributed by atoms with van der Waals surface area (Å²) in [6.07, 6.45) is 0.778. The lowest BCUT2D eigenvalue weighted by molar-refractivity contribution is -0.130. The maximum atomic E-state index is 12.5. The number of carbonyl (C=O) groups excluding carboxylic acids is 1. The zero-order valence-corrected chi connectivity index (χ0v) is 17.6. The molecule has 29 heavy (non-hydrogen) atoms. The topological polar surface area (TPSA) is 84.9 Å². The van der Waals surface area contributed by atoms with Gasteiger partial charge in [-0.25, -0.2) is 13.1 Å². The van der Waals surface area contributed by atoms with Crippen LogP contribution in [0.1, 0.15) is 18.4 Å². The molecule has 0 unspecified atom stereocenters. The lowest BCUT2D eigenvalue weighted by Gasteiger charge is -2.17. The van der Waals surface area contributed by atoms with Gasteiger partial charge in [0, 0.05) is 44.1 Å². The van der Waals surface area contributed by atoms with Crippen LogP contribution in [-0.4, -0.2) is 46.0 Å². The van der Waals surface area contributed by atoms with Crippen molar-refractivity contribution in [3.8, 4) is 11.5 Å². The number of hydrogen-bond acceptors (Lipinski definition) is 5. The first-order valence-corrected chi connectivity index (χ1v) is 11.1. The minimum absolute atomic E-state index is 0.00447. The highest BCUT2D eigenvalue weighted by atomic mass is 35.5. The number of halogens is 1. The molecule has 0 spiro atoms. The van der Waals surface area contributed by atoms with E-state index in [0.29, 0.717) is 36.3 Å². The van der Waals surface area contributed by atoms with Crippen molar-refractivity contribution in [1.82, 2.24) is 9.62 Å². The molecular formula is C20H23ClN2O5S. The number of fused-ring (bicyclic) bond motifs is 1. The van der Waals surface area contributed by atoms with Crippen LogP contribution in [0.4, 0.5) is 0 Å². The third-order valence-corrected chi connectivity index (χ3v) is 6.09. The Morgan fingerprint density at radius 1 is 1.14 bits per heavy atom. The van der Waals surface area contributed by atoms with E-state index in [1.807, 2.05) is 12.1 Å². The molecule has 0 atom stereocenters. The average molecular weight is 439 g/mol. The van der Waals surface area contributed by atoms with Gasteiger partial charge in [-0.2, -0.15) is 0 Å². The van der Waals surface area contributed by atoms with Gasteiger partial charge in [-0.15, -0.1) is 0 Å². The summed E-state index contributed by atoms with van der Waals surface area (Å²) in [5.41, 5.74) is 0.904. The summed E-state index contributed by atoms with van der Waals surface area (Å²) in [5, 5.41) is 0.603. The van der Waals surface area contributed by atoms with Gasteiger partial charge < -0.3 is 14.4 Å². The number of rotatable bonds is 7. The molecule has 2 aromatic rings. The molecular weight excluding hydrogens is 416 g/mol. The van der Waals surface area contributed by atoms with E-state index in [4.69, 9.17) is 21.1 Å². The summed E-state index contributed by atoms with van der Waals surface area (Å²) in [5.74, 6) is 0.758. The molecule has 0 radical (unpaired) electrons. The quantitative estimate of drug-likeness (QED) is 0.718. The average Bonchev–Trinajstić information content (AvgIpc) is 2.92. The second kappa shape index (κ2) is 9.47. The van der Waals surface area contributed by atoms with Crippen LogP contribution in [-0.2, 0) is 21.4 Å². The van der Waals surface area contributed by atoms with Crippen LogP contribution in [0.25, 0.3) is 0 Å². The minimum atomic E-state index is -3.77. The summed E-state index contributed by atoms with van der Waals surface area (Å²) in [4.78, 5) is 13.9. The zero-order chi connectivity index (χ0) is 20.9. The molecule has 0 aromatic heterocycles. The Morgan fingerprint density at radius 2 is 1.90 bits per heavy atom. The van der Waals surface area contributed by atoms with Crippen LogP contribution in [0, 0.1) is 0 Å². The third kappa shape index (κ3) is 5.85. The standard InChI is InChI=1S/C20H23ClN2O5S/c1-23(14-15-4-2-5-16(21)12-15)20(24)8-9-22-29(25,26)17-6-7-18-19(13-17)28-11-3-10-27-18/h2,4-7,12-13,22H,3,8-11,14H2,1H3. The van der Waals surface area contributed by atoms with Crippen molar-refractivity contribution in [2.24, 2.45) is 0 Å². The minimum Gasteiger partial charge on any atom is -0.490 e. The molecule has 0 bridgehead atoms. The summed E-state index contributed by atoms with van der Waals surface area (Å²) >= 11 is 5.96. The SMILES string of the molecule is CN(Cc1cccc(Cl)c1)C(=O)CCNS(=O)(=O)c1ccc2c(c1)OCCCO2. The number of sulfonamides is 1. The van der Waals surface area contributed by atoms with Gasteiger partial charge in [-0.1, -0.05) is 23.7 Å². The van der Waals surface area contributed by atoms with Gasteiger partial charge in [0.15, 0.2) is 11.5 Å². The van der Waals surface area contributed by atoms with E-state index in [1.54, 1.807) is 25.2 Å². The van der Waals surface area contributed by atoms with Gasteiger partial charge in [0.25, 0.3) is 0 Å². The zero-order valence-electron chi connectivity index (χ0n) is 16.1. The Bertz CT molecular complexity index is 981. The smallest absolute Gasteiger partial charge is 0.240 e. The Labute approximate surface area is 175 Å². The fourth-order valence-electron chi connectivity index (χ4n) is 2.87. The van der Waals surface area contributed by atoms with Crippen molar-refractivity contribution in [2.45, 2.75) is 24.3 Å². The van der Waals surface area contributed by atoms with Gasteiger partial charge in [-0.3, -0.25) is 4.79 Å². The lowest BCUT2D eigenvalue weighted by atomic mass is 10.2. The van der Waals surface area contributed by atoms with Gasteiger partial charge in [0.2, 0.25) is 15.9 Å². The van der Waals surface area contributed by atoms with Crippen LogP contribution < -0.4 is 14.2 Å². The molecule has 0 aliphatic carbocycles. The number of amides is 1. The van der Waals surface area contributed by atoms with E-state index in [0.717, 1.165) is 12.0 Å². The predicted octanol–water partition coefficient (Wildman–Crippen LogP) is 2.83. The number of hydrogen-bond donors (Lipinski definition) is 1. The number of nitrogens with zero attached hydrogens (tertiary/aromatic N) is 1. The Balaban J connectivity index is 1.55. The largest absolute Gasteiger partial charge is 0.490 e. The van der Waals surface area contributed by atoms with Gasteiger partial charge in [0.1, 0.15) is 0 Å². The molecule has 1 aliphatic heterocycles. The number of carbonyl (C=O) groups is 1. The van der Waals surface area contributed by atoms with E-state index in [9.17, 15) is 13.2 Å². The van der Waals surface area contributed by atoms with E-state index in [2.05, 4.69) is 4.72 Å². The molecule has 156 valence electrons. The van der Waals surface area contributed by atoms with Crippen LogP contribution in [0.15, 0.2) is 47.4 Å². The van der Waals surface area contributed by atoms with E-state index in [-0.39, 0.29) is 23.8 Å². The Kier molecular flexibility index (Phi) is 7.00. The molecule has 1 heterocycles. The van der Waals surface area contributed by atoms with Crippen molar-refractivity contribution < 1.29 is 22.7 Å². The summed E-state index contributed by atoms with van der Waals surface area (Å²) in [6.45, 7) is 1.39. The first kappa shape index (κ1) is 21.4. The molecule has 2 aromatic carbocycles. The maximum Gasteiger partial charge on any atom is 0.240 e. The van der Waals surface area contributed by atoms with Crippen LogP contribution in [0.2, 0.25) is 5.02 Å². The number of nitrogens with one attached hydrogen (secondary N) is 1. The lowest BCUT2D eigenvalue weighted by Crippen LogP contribution is -2.32. The monoisotopic (exact) mass is 438 g/mol. The third-order valence-electron chi connectivity index (χ3n) is 4.39. The second-order valence-electron chi connectivity index (χ2n) is 6.69. The molecule has 1 amide bonds. The highest BCUT2D eigenvalue weighted by Gasteiger charge is 2.19. The first-order chi connectivity index (χ1) is 13.8. The van der Waals surface area contributed by atoms with Crippen molar-refractivity contribution in [1.29, 1.82) is 0 Å². The molecule has 1 N–H and O–H groups in total. The van der Waals surface area contributed by atoms with Crippen LogP contribution in [0.5, 0.6) is 11.5 Å². The van der Waals surface area contributed by atoms with Crippen molar-refractivity contribution in [2.75, 3.05) is 26.8 Å². The van der Waals surface area contributed by atoms with Crippen molar-refractivity contribution in [3.05, 3.63) is 53.1 Å². The van der Waals surface area contributed by atoms with Gasteiger partial charge in [-0.05, 0) is 29.8 Å². The molecule has 9 heteroatoms. The Hall–Kier alpha value is -2.29. The molecule has 7 nitrogen and oxygen atoms in total. The van der Waals surface area contributed by atoms with Gasteiger partial charge in [0.05, 0.1) is 18.1 Å². The maximum absolute atomic E-state index is 12.5. The summed E-state index contributed by atoms with van der Waals surface area (Å²) < 4.78 is 38.6. The summed E-state index contributed by atoms with van der Waals surface area (Å²) in [6, 6.07) is 11.7. The molecule has 0 saturated heterocycles. The van der Waals surface area contributed by atoms with Gasteiger partial charge >= 0.3 is 0 Å². The number of benzene rings is 2. The molecule has 1 aliphatic rings. The Morgan fingerprint density at radius 3 is 2.66 bits per heavy atom. The highest BCUT2D eigenvalue weighted by Crippen LogP contribution is 2.31. The number of ether oxygens (including phenoxy) is 2. The molecule has 0 saturated carbocycles. The van der Waals surface area contributed by atoms with E-state index in [1.165, 1.54) is 17.0 Å². The fraction of sp³-hybridized carbons (Fsp3) is 0.350. The second-order valence-corrected chi connectivity index (χ2v) is 8.89. The van der Waals surface area contributed by atoms with E-state index >= 15 is 0 Å². The van der Waals surface area contributed by atoms with Crippen molar-refractivity contribution in [3.63, 3.8) is 0 Å². The van der Waals surface area contributed by atoms with Crippen LogP contribution in [0.3, 0.4) is 0 Å². The molecule has 3 rings (SSSR count).